The Morgan fingerprint density at radius 1 is 1.00 bits per heavy atom. The summed E-state index contributed by atoms with van der Waals surface area (Å²) in [5.41, 5.74) is 0.876. The number of rotatable bonds is 13. The van der Waals surface area contributed by atoms with E-state index in [1.807, 2.05) is 30.3 Å². The van der Waals surface area contributed by atoms with Gasteiger partial charge in [-0.15, -0.1) is 0 Å². The van der Waals surface area contributed by atoms with E-state index >= 15 is 0 Å². The van der Waals surface area contributed by atoms with Crippen molar-refractivity contribution in [3.8, 4) is 0 Å². The number of carbonyl (C=O) groups is 1. The summed E-state index contributed by atoms with van der Waals surface area (Å²) in [4.78, 5) is 14.9. The predicted octanol–water partition coefficient (Wildman–Crippen LogP) is 4.83. The van der Waals surface area contributed by atoms with Crippen LogP contribution in [0, 0.1) is 0 Å². The van der Waals surface area contributed by atoms with E-state index in [4.69, 9.17) is 0 Å². The first-order valence-electron chi connectivity index (χ1n) is 11.5. The van der Waals surface area contributed by atoms with Gasteiger partial charge in [0.2, 0.25) is 5.91 Å². The van der Waals surface area contributed by atoms with Crippen molar-refractivity contribution in [2.75, 3.05) is 19.6 Å². The minimum atomic E-state index is -0.666. The molecule has 0 bridgehead atoms. The van der Waals surface area contributed by atoms with E-state index in [0.29, 0.717) is 6.42 Å². The molecule has 1 aliphatic rings. The van der Waals surface area contributed by atoms with Gasteiger partial charge in [0, 0.05) is 13.0 Å². The fourth-order valence-electron chi connectivity index (χ4n) is 4.05. The summed E-state index contributed by atoms with van der Waals surface area (Å²) in [5.74, 6) is 0.0746. The number of likely N-dealkylation sites (tertiary alicyclic amines) is 1. The number of piperidine rings is 1. The average Bonchev–Trinajstić information content (AvgIpc) is 2.73. The van der Waals surface area contributed by atoms with Gasteiger partial charge in [0.25, 0.3) is 0 Å². The highest BCUT2D eigenvalue weighted by Gasteiger charge is 2.25. The van der Waals surface area contributed by atoms with Crippen LogP contribution in [-0.4, -0.2) is 41.6 Å². The van der Waals surface area contributed by atoms with Gasteiger partial charge in [0.15, 0.2) is 0 Å². The minimum absolute atomic E-state index is 0.0746. The van der Waals surface area contributed by atoms with Crippen LogP contribution in [0.25, 0.3) is 0 Å². The van der Waals surface area contributed by atoms with E-state index in [1.165, 1.54) is 51.4 Å². The molecule has 2 rings (SSSR count). The summed E-state index contributed by atoms with van der Waals surface area (Å²) < 4.78 is 0. The minimum Gasteiger partial charge on any atom is -0.386 e. The smallest absolute Gasteiger partial charge is 0.220 e. The summed E-state index contributed by atoms with van der Waals surface area (Å²) in [7, 11) is 0. The van der Waals surface area contributed by atoms with Crippen molar-refractivity contribution in [1.29, 1.82) is 0 Å². The first kappa shape index (κ1) is 22.9. The fourth-order valence-corrected chi connectivity index (χ4v) is 4.05. The van der Waals surface area contributed by atoms with Crippen LogP contribution in [0.3, 0.4) is 0 Å². The van der Waals surface area contributed by atoms with Crippen LogP contribution in [-0.2, 0) is 4.79 Å². The lowest BCUT2D eigenvalue weighted by molar-refractivity contribution is -0.123. The van der Waals surface area contributed by atoms with Gasteiger partial charge >= 0.3 is 0 Å². The summed E-state index contributed by atoms with van der Waals surface area (Å²) in [6.07, 6.45) is 12.0. The standard InChI is InChI=1S/C24H40N2O2/c1-2-3-4-5-6-7-12-17-23(27)25-22(20-26-18-13-9-14-19-26)24(28)21-15-10-8-11-16-21/h8,10-11,15-16,22,24,28H,2-7,9,12-14,17-20H2,1H3,(H,25,27). The lowest BCUT2D eigenvalue weighted by Gasteiger charge is -2.33. The highest BCUT2D eigenvalue weighted by Crippen LogP contribution is 2.19. The van der Waals surface area contributed by atoms with Gasteiger partial charge in [-0.3, -0.25) is 4.79 Å². The number of aliphatic hydroxyl groups excluding tert-OH is 1. The SMILES string of the molecule is CCCCCCCCCC(=O)NC(CN1CCCCC1)C(O)c1ccccc1. The van der Waals surface area contributed by atoms with Crippen molar-refractivity contribution < 1.29 is 9.90 Å². The normalized spacial score (nSPS) is 17.2. The second-order valence-electron chi connectivity index (χ2n) is 8.26. The van der Waals surface area contributed by atoms with Crippen LogP contribution >= 0.6 is 0 Å². The van der Waals surface area contributed by atoms with Crippen molar-refractivity contribution in [3.05, 3.63) is 35.9 Å². The molecule has 1 saturated heterocycles. The number of carbonyl (C=O) groups excluding carboxylic acids is 1. The molecular weight excluding hydrogens is 348 g/mol. The summed E-state index contributed by atoms with van der Waals surface area (Å²) in [6.45, 7) is 5.07. The van der Waals surface area contributed by atoms with Crippen molar-refractivity contribution in [2.45, 2.75) is 89.7 Å². The number of benzene rings is 1. The van der Waals surface area contributed by atoms with Gasteiger partial charge in [0.1, 0.15) is 6.10 Å². The maximum absolute atomic E-state index is 12.5. The van der Waals surface area contributed by atoms with Gasteiger partial charge in [-0.25, -0.2) is 0 Å². The third-order valence-electron chi connectivity index (χ3n) is 5.78. The monoisotopic (exact) mass is 388 g/mol. The lowest BCUT2D eigenvalue weighted by atomic mass is 10.00. The molecule has 2 unspecified atom stereocenters. The van der Waals surface area contributed by atoms with Gasteiger partial charge in [-0.1, -0.05) is 82.2 Å². The van der Waals surface area contributed by atoms with E-state index in [2.05, 4.69) is 17.1 Å². The first-order valence-corrected chi connectivity index (χ1v) is 11.5. The van der Waals surface area contributed by atoms with Crippen molar-refractivity contribution in [1.82, 2.24) is 10.2 Å². The Morgan fingerprint density at radius 3 is 2.32 bits per heavy atom. The van der Waals surface area contributed by atoms with Crippen LogP contribution in [0.4, 0.5) is 0 Å². The molecule has 4 nitrogen and oxygen atoms in total. The zero-order chi connectivity index (χ0) is 20.0. The zero-order valence-electron chi connectivity index (χ0n) is 17.7. The third-order valence-corrected chi connectivity index (χ3v) is 5.78. The molecule has 1 aliphatic heterocycles. The zero-order valence-corrected chi connectivity index (χ0v) is 17.7. The van der Waals surface area contributed by atoms with Gasteiger partial charge < -0.3 is 15.3 Å². The fraction of sp³-hybridized carbons (Fsp3) is 0.708. The molecule has 2 atom stereocenters. The molecule has 1 heterocycles. The van der Waals surface area contributed by atoms with Crippen LogP contribution in [0.5, 0.6) is 0 Å². The molecule has 1 aromatic carbocycles. The Kier molecular flexibility index (Phi) is 11.2. The predicted molar refractivity (Wildman–Crippen MR) is 116 cm³/mol. The number of nitrogens with one attached hydrogen (secondary N) is 1. The molecule has 1 aromatic rings. The maximum atomic E-state index is 12.5. The Balaban J connectivity index is 1.81. The van der Waals surface area contributed by atoms with Crippen molar-refractivity contribution >= 4 is 5.91 Å². The molecule has 2 N–H and O–H groups in total. The molecule has 0 radical (unpaired) electrons. The summed E-state index contributed by atoms with van der Waals surface area (Å²) >= 11 is 0. The largest absolute Gasteiger partial charge is 0.386 e. The Bertz CT molecular complexity index is 529. The van der Waals surface area contributed by atoms with E-state index < -0.39 is 6.10 Å². The topological polar surface area (TPSA) is 52.6 Å². The van der Waals surface area contributed by atoms with Crippen LogP contribution in [0.1, 0.15) is 89.2 Å². The van der Waals surface area contributed by atoms with E-state index in [9.17, 15) is 9.90 Å². The molecular formula is C24H40N2O2. The van der Waals surface area contributed by atoms with Gasteiger partial charge in [-0.2, -0.15) is 0 Å². The summed E-state index contributed by atoms with van der Waals surface area (Å²) in [5, 5.41) is 14.1. The number of unbranched alkanes of at least 4 members (excludes halogenated alkanes) is 6. The molecule has 28 heavy (non-hydrogen) atoms. The number of hydrogen-bond acceptors (Lipinski definition) is 3. The molecule has 0 saturated carbocycles. The second kappa shape index (κ2) is 13.7. The molecule has 0 aliphatic carbocycles. The Morgan fingerprint density at radius 2 is 1.64 bits per heavy atom. The van der Waals surface area contributed by atoms with Crippen LogP contribution < -0.4 is 5.32 Å². The van der Waals surface area contributed by atoms with Gasteiger partial charge in [-0.05, 0) is 37.9 Å². The van der Waals surface area contributed by atoms with E-state index in [1.54, 1.807) is 0 Å². The molecule has 0 aromatic heterocycles. The Labute approximate surface area is 171 Å². The number of aliphatic hydroxyl groups is 1. The maximum Gasteiger partial charge on any atom is 0.220 e. The molecule has 158 valence electrons. The first-order chi connectivity index (χ1) is 13.7. The van der Waals surface area contributed by atoms with Crippen molar-refractivity contribution in [3.63, 3.8) is 0 Å². The highest BCUT2D eigenvalue weighted by molar-refractivity contribution is 5.76. The number of nitrogens with zero attached hydrogens (tertiary/aromatic N) is 1. The molecule has 1 amide bonds. The Hall–Kier alpha value is -1.39. The third kappa shape index (κ3) is 8.74. The van der Waals surface area contributed by atoms with Crippen LogP contribution in [0.2, 0.25) is 0 Å². The van der Waals surface area contributed by atoms with Gasteiger partial charge in [0.05, 0.1) is 6.04 Å². The molecule has 4 heteroatoms. The highest BCUT2D eigenvalue weighted by atomic mass is 16.3. The summed E-state index contributed by atoms with van der Waals surface area (Å²) in [6, 6.07) is 9.47. The number of amides is 1. The number of hydrogen-bond donors (Lipinski definition) is 2. The molecule has 1 fully saturated rings. The lowest BCUT2D eigenvalue weighted by Crippen LogP contribution is -2.48. The van der Waals surface area contributed by atoms with Crippen molar-refractivity contribution in [2.24, 2.45) is 0 Å². The molecule has 0 spiro atoms. The quantitative estimate of drug-likeness (QED) is 0.476. The van der Waals surface area contributed by atoms with Crippen LogP contribution in [0.15, 0.2) is 30.3 Å². The average molecular weight is 389 g/mol. The van der Waals surface area contributed by atoms with E-state index in [0.717, 1.165) is 38.0 Å². The second-order valence-corrected chi connectivity index (χ2v) is 8.26. The van der Waals surface area contributed by atoms with E-state index in [-0.39, 0.29) is 11.9 Å².